The van der Waals surface area contributed by atoms with E-state index in [2.05, 4.69) is 43.4 Å². The highest BCUT2D eigenvalue weighted by Crippen LogP contribution is 2.14. The van der Waals surface area contributed by atoms with E-state index in [4.69, 9.17) is 4.74 Å². The Morgan fingerprint density at radius 1 is 1.20 bits per heavy atom. The lowest BCUT2D eigenvalue weighted by molar-refractivity contribution is 0.123. The summed E-state index contributed by atoms with van der Waals surface area (Å²) in [6, 6.07) is 8.94. The zero-order valence-corrected chi connectivity index (χ0v) is 9.92. The van der Waals surface area contributed by atoms with Crippen LogP contribution in [0, 0.1) is 6.92 Å². The zero-order valence-electron chi connectivity index (χ0n) is 9.92. The SMILES string of the molecule is CCNC(COCC)c1ccc(C)cc1. The van der Waals surface area contributed by atoms with Crippen LogP contribution in [0.5, 0.6) is 0 Å². The summed E-state index contributed by atoms with van der Waals surface area (Å²) in [6.45, 7) is 8.73. The third-order valence-corrected chi connectivity index (χ3v) is 2.42. The lowest BCUT2D eigenvalue weighted by Crippen LogP contribution is -2.25. The minimum atomic E-state index is 0.315. The van der Waals surface area contributed by atoms with E-state index < -0.39 is 0 Å². The van der Waals surface area contributed by atoms with Gasteiger partial charge in [0.05, 0.1) is 12.6 Å². The molecule has 1 aromatic rings. The summed E-state index contributed by atoms with van der Waals surface area (Å²) in [5.74, 6) is 0. The Morgan fingerprint density at radius 3 is 2.40 bits per heavy atom. The molecule has 2 nitrogen and oxygen atoms in total. The zero-order chi connectivity index (χ0) is 11.1. The van der Waals surface area contributed by atoms with Crippen molar-refractivity contribution in [3.8, 4) is 0 Å². The van der Waals surface area contributed by atoms with Gasteiger partial charge in [-0.25, -0.2) is 0 Å². The first-order chi connectivity index (χ1) is 7.27. The third kappa shape index (κ3) is 4.02. The van der Waals surface area contributed by atoms with Crippen LogP contribution in [0.15, 0.2) is 24.3 Å². The van der Waals surface area contributed by atoms with Crippen molar-refractivity contribution in [3.05, 3.63) is 35.4 Å². The van der Waals surface area contributed by atoms with E-state index in [0.29, 0.717) is 6.04 Å². The molecule has 0 amide bonds. The van der Waals surface area contributed by atoms with Crippen LogP contribution in [0.2, 0.25) is 0 Å². The molecule has 15 heavy (non-hydrogen) atoms. The van der Waals surface area contributed by atoms with E-state index in [1.807, 2.05) is 6.92 Å². The molecule has 0 aliphatic rings. The molecule has 0 saturated carbocycles. The van der Waals surface area contributed by atoms with Gasteiger partial charge in [0.1, 0.15) is 0 Å². The van der Waals surface area contributed by atoms with Crippen molar-refractivity contribution in [1.82, 2.24) is 5.32 Å². The van der Waals surface area contributed by atoms with Gasteiger partial charge in [-0.05, 0) is 26.0 Å². The summed E-state index contributed by atoms with van der Waals surface area (Å²) in [5.41, 5.74) is 2.60. The van der Waals surface area contributed by atoms with Gasteiger partial charge in [0, 0.05) is 6.61 Å². The normalized spacial score (nSPS) is 12.7. The van der Waals surface area contributed by atoms with Crippen LogP contribution < -0.4 is 5.32 Å². The molecule has 0 spiro atoms. The molecule has 1 unspecified atom stereocenters. The number of ether oxygens (including phenoxy) is 1. The van der Waals surface area contributed by atoms with Crippen LogP contribution in [0.4, 0.5) is 0 Å². The van der Waals surface area contributed by atoms with E-state index in [9.17, 15) is 0 Å². The van der Waals surface area contributed by atoms with Crippen molar-refractivity contribution in [1.29, 1.82) is 0 Å². The average Bonchev–Trinajstić information content (AvgIpc) is 2.25. The van der Waals surface area contributed by atoms with Crippen LogP contribution in [0.1, 0.15) is 31.0 Å². The summed E-state index contributed by atoms with van der Waals surface area (Å²) in [7, 11) is 0. The Morgan fingerprint density at radius 2 is 1.87 bits per heavy atom. The van der Waals surface area contributed by atoms with Crippen LogP contribution in [0.25, 0.3) is 0 Å². The summed E-state index contributed by atoms with van der Waals surface area (Å²) < 4.78 is 5.47. The number of likely N-dealkylation sites (N-methyl/N-ethyl adjacent to an activating group) is 1. The maximum atomic E-state index is 5.47. The molecule has 0 fully saturated rings. The van der Waals surface area contributed by atoms with Crippen LogP contribution >= 0.6 is 0 Å². The Bertz CT molecular complexity index is 268. The minimum Gasteiger partial charge on any atom is -0.380 e. The van der Waals surface area contributed by atoms with Gasteiger partial charge in [-0.3, -0.25) is 0 Å². The van der Waals surface area contributed by atoms with Gasteiger partial charge in [0.25, 0.3) is 0 Å². The summed E-state index contributed by atoms with van der Waals surface area (Å²) in [4.78, 5) is 0. The first-order valence-electron chi connectivity index (χ1n) is 5.65. The van der Waals surface area contributed by atoms with Crippen molar-refractivity contribution >= 4 is 0 Å². The van der Waals surface area contributed by atoms with Crippen LogP contribution in [-0.2, 0) is 4.74 Å². The molecule has 0 saturated heterocycles. The smallest absolute Gasteiger partial charge is 0.0661 e. The highest BCUT2D eigenvalue weighted by atomic mass is 16.5. The fourth-order valence-electron chi connectivity index (χ4n) is 1.55. The van der Waals surface area contributed by atoms with Crippen LogP contribution in [0.3, 0.4) is 0 Å². The van der Waals surface area contributed by atoms with E-state index in [-0.39, 0.29) is 0 Å². The largest absolute Gasteiger partial charge is 0.380 e. The van der Waals surface area contributed by atoms with Crippen molar-refractivity contribution < 1.29 is 4.74 Å². The van der Waals surface area contributed by atoms with Gasteiger partial charge < -0.3 is 10.1 Å². The number of rotatable bonds is 6. The number of hydrogen-bond acceptors (Lipinski definition) is 2. The Balaban J connectivity index is 2.65. The number of aryl methyl sites for hydroxylation is 1. The molecule has 0 aliphatic carbocycles. The van der Waals surface area contributed by atoms with Crippen LogP contribution in [-0.4, -0.2) is 19.8 Å². The molecule has 84 valence electrons. The fourth-order valence-corrected chi connectivity index (χ4v) is 1.55. The Hall–Kier alpha value is -0.860. The van der Waals surface area contributed by atoms with Gasteiger partial charge in [-0.2, -0.15) is 0 Å². The molecule has 2 heteroatoms. The molecule has 1 N–H and O–H groups in total. The average molecular weight is 207 g/mol. The van der Waals surface area contributed by atoms with Gasteiger partial charge in [0.15, 0.2) is 0 Å². The molecule has 1 rings (SSSR count). The minimum absolute atomic E-state index is 0.315. The van der Waals surface area contributed by atoms with Gasteiger partial charge >= 0.3 is 0 Å². The number of benzene rings is 1. The first-order valence-corrected chi connectivity index (χ1v) is 5.65. The summed E-state index contributed by atoms with van der Waals surface area (Å²) in [6.07, 6.45) is 0. The molecule has 1 aromatic carbocycles. The number of hydrogen-bond donors (Lipinski definition) is 1. The first kappa shape index (κ1) is 12.2. The molecule has 1 atom stereocenters. The van der Waals surface area contributed by atoms with Gasteiger partial charge in [-0.1, -0.05) is 36.8 Å². The summed E-state index contributed by atoms with van der Waals surface area (Å²) in [5, 5.41) is 3.43. The van der Waals surface area contributed by atoms with Crippen molar-refractivity contribution in [2.75, 3.05) is 19.8 Å². The van der Waals surface area contributed by atoms with Crippen molar-refractivity contribution in [3.63, 3.8) is 0 Å². The maximum Gasteiger partial charge on any atom is 0.0661 e. The third-order valence-electron chi connectivity index (χ3n) is 2.42. The van der Waals surface area contributed by atoms with E-state index in [1.54, 1.807) is 0 Å². The van der Waals surface area contributed by atoms with E-state index >= 15 is 0 Å². The lowest BCUT2D eigenvalue weighted by Gasteiger charge is -2.18. The highest BCUT2D eigenvalue weighted by Gasteiger charge is 2.09. The van der Waals surface area contributed by atoms with E-state index in [0.717, 1.165) is 19.8 Å². The highest BCUT2D eigenvalue weighted by molar-refractivity contribution is 5.24. The topological polar surface area (TPSA) is 21.3 Å². The predicted molar refractivity (Wildman–Crippen MR) is 64.1 cm³/mol. The molecule has 0 aromatic heterocycles. The number of nitrogens with one attached hydrogen (secondary N) is 1. The fraction of sp³-hybridized carbons (Fsp3) is 0.538. The molecule has 0 heterocycles. The second-order valence-electron chi connectivity index (χ2n) is 3.68. The lowest BCUT2D eigenvalue weighted by atomic mass is 10.1. The quantitative estimate of drug-likeness (QED) is 0.774. The van der Waals surface area contributed by atoms with Gasteiger partial charge in [0.2, 0.25) is 0 Å². The second kappa shape index (κ2) is 6.59. The maximum absolute atomic E-state index is 5.47. The molecule has 0 radical (unpaired) electrons. The second-order valence-corrected chi connectivity index (χ2v) is 3.68. The van der Waals surface area contributed by atoms with Crippen molar-refractivity contribution in [2.24, 2.45) is 0 Å². The standard InChI is InChI=1S/C13H21NO/c1-4-14-13(10-15-5-2)12-8-6-11(3)7-9-12/h6-9,13-14H,4-5,10H2,1-3H3. The monoisotopic (exact) mass is 207 g/mol. The van der Waals surface area contributed by atoms with E-state index in [1.165, 1.54) is 11.1 Å². The molecule has 0 bridgehead atoms. The Labute approximate surface area is 92.6 Å². The Kier molecular flexibility index (Phi) is 5.37. The predicted octanol–water partition coefficient (Wildman–Crippen LogP) is 2.68. The van der Waals surface area contributed by atoms with Crippen molar-refractivity contribution in [2.45, 2.75) is 26.8 Å². The summed E-state index contributed by atoms with van der Waals surface area (Å²) >= 11 is 0. The molecule has 0 aliphatic heterocycles. The molecular weight excluding hydrogens is 186 g/mol. The van der Waals surface area contributed by atoms with Gasteiger partial charge in [-0.15, -0.1) is 0 Å². The molecular formula is C13H21NO.